The van der Waals surface area contributed by atoms with Crippen LogP contribution in [0.1, 0.15) is 11.1 Å². The van der Waals surface area contributed by atoms with Crippen LogP contribution in [-0.4, -0.2) is 30.0 Å². The van der Waals surface area contributed by atoms with E-state index in [1.165, 1.54) is 12.7 Å². The number of ether oxygens (including phenoxy) is 2. The molecule has 0 aromatic heterocycles. The highest BCUT2D eigenvalue weighted by atomic mass is 32.1. The molecule has 0 N–H and O–H groups in total. The first-order valence-corrected chi connectivity index (χ1v) is 6.65. The number of hydrogen-bond donors (Lipinski definition) is 1. The molecule has 104 valence electrons. The molecule has 1 aromatic carbocycles. The SMILES string of the molecule is COC1=CC(c2ccc(C)cc2)=C(OC)C(S)C1=[N+]=[N-]. The van der Waals surface area contributed by atoms with Crippen molar-refractivity contribution in [1.29, 1.82) is 0 Å². The highest BCUT2D eigenvalue weighted by Gasteiger charge is 2.36. The van der Waals surface area contributed by atoms with E-state index < -0.39 is 5.25 Å². The summed E-state index contributed by atoms with van der Waals surface area (Å²) in [6.45, 7) is 2.03. The second kappa shape index (κ2) is 5.99. The van der Waals surface area contributed by atoms with Crippen LogP contribution in [0.4, 0.5) is 0 Å². The van der Waals surface area contributed by atoms with E-state index in [1.54, 1.807) is 13.2 Å². The molecular formula is C15H16N2O2S. The Morgan fingerprint density at radius 2 is 1.80 bits per heavy atom. The van der Waals surface area contributed by atoms with Crippen LogP contribution >= 0.6 is 12.6 Å². The van der Waals surface area contributed by atoms with Crippen molar-refractivity contribution in [3.8, 4) is 0 Å². The van der Waals surface area contributed by atoms with Gasteiger partial charge in [-0.05, 0) is 18.6 Å². The van der Waals surface area contributed by atoms with E-state index in [9.17, 15) is 0 Å². The van der Waals surface area contributed by atoms with E-state index in [0.29, 0.717) is 17.2 Å². The zero-order valence-corrected chi connectivity index (χ0v) is 12.5. The van der Waals surface area contributed by atoms with Crippen LogP contribution in [0, 0.1) is 6.92 Å². The molecule has 0 aliphatic heterocycles. The molecule has 0 saturated heterocycles. The lowest BCUT2D eigenvalue weighted by Gasteiger charge is -2.20. The fourth-order valence-corrected chi connectivity index (χ4v) is 2.55. The lowest BCUT2D eigenvalue weighted by atomic mass is 9.94. The summed E-state index contributed by atoms with van der Waals surface area (Å²) in [7, 11) is 3.11. The second-order valence-corrected chi connectivity index (χ2v) is 4.96. The average molecular weight is 288 g/mol. The van der Waals surface area contributed by atoms with Crippen molar-refractivity contribution in [2.75, 3.05) is 14.2 Å². The quantitative estimate of drug-likeness (QED) is 0.528. The predicted molar refractivity (Wildman–Crippen MR) is 81.6 cm³/mol. The summed E-state index contributed by atoms with van der Waals surface area (Å²) in [5.74, 6) is 1.11. The molecule has 1 aliphatic carbocycles. The summed E-state index contributed by atoms with van der Waals surface area (Å²) in [4.78, 5) is 3.25. The first-order valence-electron chi connectivity index (χ1n) is 6.13. The number of thiol groups is 1. The van der Waals surface area contributed by atoms with Crippen LogP contribution in [-0.2, 0) is 9.47 Å². The highest BCUT2D eigenvalue weighted by Crippen LogP contribution is 2.32. The maximum absolute atomic E-state index is 9.11. The van der Waals surface area contributed by atoms with Gasteiger partial charge in [-0.25, -0.2) is 0 Å². The van der Waals surface area contributed by atoms with Gasteiger partial charge in [-0.1, -0.05) is 29.8 Å². The van der Waals surface area contributed by atoms with Crippen molar-refractivity contribution in [1.82, 2.24) is 0 Å². The number of nitrogens with zero attached hydrogens (tertiary/aromatic N) is 2. The van der Waals surface area contributed by atoms with Crippen molar-refractivity contribution in [3.63, 3.8) is 0 Å². The van der Waals surface area contributed by atoms with E-state index in [2.05, 4.69) is 17.4 Å². The maximum Gasteiger partial charge on any atom is 0.353 e. The zero-order valence-electron chi connectivity index (χ0n) is 11.6. The number of hydrogen-bond acceptors (Lipinski definition) is 3. The van der Waals surface area contributed by atoms with E-state index in [-0.39, 0.29) is 0 Å². The van der Waals surface area contributed by atoms with Crippen molar-refractivity contribution >= 4 is 23.9 Å². The summed E-state index contributed by atoms with van der Waals surface area (Å²) in [5.41, 5.74) is 12.5. The summed E-state index contributed by atoms with van der Waals surface area (Å²) in [6.07, 6.45) is 1.80. The first kappa shape index (κ1) is 14.4. The van der Waals surface area contributed by atoms with Crippen LogP contribution in [0.2, 0.25) is 0 Å². The molecule has 0 spiro atoms. The Labute approximate surface area is 123 Å². The topological polar surface area (TPSA) is 54.9 Å². The largest absolute Gasteiger partial charge is 0.499 e. The van der Waals surface area contributed by atoms with Crippen molar-refractivity contribution in [2.24, 2.45) is 0 Å². The summed E-state index contributed by atoms with van der Waals surface area (Å²) in [5, 5.41) is -0.471. The van der Waals surface area contributed by atoms with Crippen LogP contribution < -0.4 is 0 Å². The van der Waals surface area contributed by atoms with Gasteiger partial charge in [-0.15, -0.1) is 0 Å². The number of methoxy groups -OCH3 is 2. The fraction of sp³-hybridized carbons (Fsp3) is 0.267. The van der Waals surface area contributed by atoms with Crippen LogP contribution in [0.5, 0.6) is 0 Å². The third kappa shape index (κ3) is 2.50. The fourth-order valence-electron chi connectivity index (χ4n) is 2.13. The van der Waals surface area contributed by atoms with Gasteiger partial charge in [-0.2, -0.15) is 17.4 Å². The molecule has 0 saturated carbocycles. The summed E-state index contributed by atoms with van der Waals surface area (Å²) < 4.78 is 10.7. The van der Waals surface area contributed by atoms with E-state index in [0.717, 1.165) is 11.1 Å². The van der Waals surface area contributed by atoms with Crippen LogP contribution in [0.3, 0.4) is 0 Å². The first-order chi connectivity index (χ1) is 9.62. The third-order valence-electron chi connectivity index (χ3n) is 3.21. The van der Waals surface area contributed by atoms with Gasteiger partial charge in [0.2, 0.25) is 5.76 Å². The Bertz CT molecular complexity index is 626. The standard InChI is InChI=1S/C15H16N2O2S/c1-9-4-6-10(7-5-9)11-8-12(18-2)13(17-16)15(20)14(11)19-3/h4-8,15,20H,1-3H3. The minimum Gasteiger partial charge on any atom is -0.499 e. The number of aryl methyl sites for hydroxylation is 1. The molecule has 1 atom stereocenters. The molecule has 1 aliphatic rings. The van der Waals surface area contributed by atoms with Crippen molar-refractivity contribution in [2.45, 2.75) is 12.2 Å². The minimum absolute atomic E-state index is 0.337. The van der Waals surface area contributed by atoms with Crippen LogP contribution in [0.25, 0.3) is 11.1 Å². The molecule has 2 rings (SSSR count). The van der Waals surface area contributed by atoms with Gasteiger partial charge in [-0.3, -0.25) is 0 Å². The monoisotopic (exact) mass is 288 g/mol. The molecule has 5 heteroatoms. The van der Waals surface area contributed by atoms with Gasteiger partial charge >= 0.3 is 5.71 Å². The predicted octanol–water partition coefficient (Wildman–Crippen LogP) is 2.87. The number of allylic oxidation sites excluding steroid dienone is 3. The molecule has 4 nitrogen and oxygen atoms in total. The maximum atomic E-state index is 9.11. The smallest absolute Gasteiger partial charge is 0.353 e. The van der Waals surface area contributed by atoms with Gasteiger partial charge in [0.15, 0.2) is 5.25 Å². The highest BCUT2D eigenvalue weighted by molar-refractivity contribution is 7.82. The molecule has 0 bridgehead atoms. The normalized spacial score (nSPS) is 18.5. The molecule has 0 amide bonds. The van der Waals surface area contributed by atoms with Crippen LogP contribution in [0.15, 0.2) is 41.9 Å². The Morgan fingerprint density at radius 1 is 1.15 bits per heavy atom. The van der Waals surface area contributed by atoms with Gasteiger partial charge < -0.3 is 15.0 Å². The van der Waals surface area contributed by atoms with Gasteiger partial charge in [0.1, 0.15) is 5.76 Å². The average Bonchev–Trinajstić information content (AvgIpc) is 2.47. The summed E-state index contributed by atoms with van der Waals surface area (Å²) in [6, 6.07) is 8.07. The van der Waals surface area contributed by atoms with E-state index in [1.807, 2.05) is 31.2 Å². The molecule has 20 heavy (non-hydrogen) atoms. The molecule has 0 radical (unpaired) electrons. The lowest BCUT2D eigenvalue weighted by Crippen LogP contribution is -2.26. The molecule has 0 heterocycles. The van der Waals surface area contributed by atoms with Crippen molar-refractivity contribution in [3.05, 3.63) is 58.5 Å². The molecular weight excluding hydrogens is 272 g/mol. The van der Waals surface area contributed by atoms with E-state index in [4.69, 9.17) is 15.0 Å². The minimum atomic E-state index is -0.471. The molecule has 1 aromatic rings. The lowest BCUT2D eigenvalue weighted by molar-refractivity contribution is -0.0115. The molecule has 1 unspecified atom stereocenters. The number of benzene rings is 1. The van der Waals surface area contributed by atoms with Gasteiger partial charge in [0.05, 0.1) is 14.2 Å². The molecule has 0 fully saturated rings. The second-order valence-electron chi connectivity index (χ2n) is 4.45. The van der Waals surface area contributed by atoms with Gasteiger partial charge in [0, 0.05) is 5.57 Å². The summed E-state index contributed by atoms with van der Waals surface area (Å²) >= 11 is 4.46. The Balaban J connectivity index is 2.61. The van der Waals surface area contributed by atoms with E-state index >= 15 is 0 Å². The van der Waals surface area contributed by atoms with Gasteiger partial charge in [0.25, 0.3) is 0 Å². The Morgan fingerprint density at radius 3 is 2.30 bits per heavy atom. The Kier molecular flexibility index (Phi) is 4.32. The van der Waals surface area contributed by atoms with Crippen molar-refractivity contribution < 1.29 is 14.3 Å². The third-order valence-corrected chi connectivity index (χ3v) is 3.69. The Hall–Kier alpha value is -1.97. The zero-order chi connectivity index (χ0) is 14.7. The number of rotatable bonds is 3.